The van der Waals surface area contributed by atoms with Crippen molar-refractivity contribution in [3.8, 4) is 0 Å². The van der Waals surface area contributed by atoms with E-state index in [0.29, 0.717) is 19.6 Å². The number of fused-ring (bicyclic) bond motifs is 1. The standard InChI is InChI=1S/C16H26N4O2S.HI/c1-4-19(5-2)23(21,22)13-11-18-16(17-3)20-12-10-14-8-6-7-9-15(14)20;/h6-9H,4-5,10-13H2,1-3H3,(H,17,18);1H. The molecular formula is C16H27IN4O2S. The second-order valence-corrected chi connectivity index (χ2v) is 7.49. The maximum atomic E-state index is 12.2. The van der Waals surface area contributed by atoms with Gasteiger partial charge in [-0.25, -0.2) is 12.7 Å². The summed E-state index contributed by atoms with van der Waals surface area (Å²) in [4.78, 5) is 6.41. The molecule has 1 aromatic carbocycles. The van der Waals surface area contributed by atoms with E-state index in [1.807, 2.05) is 26.0 Å². The van der Waals surface area contributed by atoms with Gasteiger partial charge in [0, 0.05) is 38.9 Å². The summed E-state index contributed by atoms with van der Waals surface area (Å²) in [6.07, 6.45) is 0.981. The Morgan fingerprint density at radius 2 is 1.96 bits per heavy atom. The van der Waals surface area contributed by atoms with Crippen LogP contribution in [0.1, 0.15) is 19.4 Å². The average Bonchev–Trinajstić information content (AvgIpc) is 2.96. The number of halogens is 1. The number of nitrogens with zero attached hydrogens (tertiary/aromatic N) is 3. The van der Waals surface area contributed by atoms with Crippen molar-refractivity contribution in [2.75, 3.05) is 43.9 Å². The van der Waals surface area contributed by atoms with Crippen molar-refractivity contribution in [2.24, 2.45) is 4.99 Å². The van der Waals surface area contributed by atoms with Crippen LogP contribution in [-0.4, -0.2) is 57.7 Å². The third kappa shape index (κ3) is 4.82. The first-order chi connectivity index (χ1) is 11.0. The van der Waals surface area contributed by atoms with Crippen molar-refractivity contribution in [3.05, 3.63) is 29.8 Å². The van der Waals surface area contributed by atoms with Gasteiger partial charge in [0.25, 0.3) is 0 Å². The Bertz CT molecular complexity index is 660. The fourth-order valence-corrected chi connectivity index (χ4v) is 4.30. The smallest absolute Gasteiger partial charge is 0.215 e. The molecule has 0 radical (unpaired) electrons. The van der Waals surface area contributed by atoms with Gasteiger partial charge in [0.15, 0.2) is 5.96 Å². The molecule has 2 rings (SSSR count). The van der Waals surface area contributed by atoms with Gasteiger partial charge in [-0.3, -0.25) is 4.99 Å². The topological polar surface area (TPSA) is 65.0 Å². The van der Waals surface area contributed by atoms with Crippen molar-refractivity contribution in [2.45, 2.75) is 20.3 Å². The van der Waals surface area contributed by atoms with Gasteiger partial charge in [-0.1, -0.05) is 32.0 Å². The summed E-state index contributed by atoms with van der Waals surface area (Å²) < 4.78 is 25.9. The summed E-state index contributed by atoms with van der Waals surface area (Å²) in [7, 11) is -1.49. The molecule has 0 saturated heterocycles. The van der Waals surface area contributed by atoms with Crippen LogP contribution >= 0.6 is 24.0 Å². The monoisotopic (exact) mass is 466 g/mol. The third-order valence-electron chi connectivity index (χ3n) is 4.10. The molecule has 0 fully saturated rings. The van der Waals surface area contributed by atoms with Crippen LogP contribution in [0.15, 0.2) is 29.3 Å². The van der Waals surface area contributed by atoms with Gasteiger partial charge in [-0.2, -0.15) is 0 Å². The number of sulfonamides is 1. The second-order valence-electron chi connectivity index (χ2n) is 5.40. The number of anilines is 1. The highest BCUT2D eigenvalue weighted by molar-refractivity contribution is 14.0. The molecule has 0 aliphatic carbocycles. The Morgan fingerprint density at radius 1 is 1.29 bits per heavy atom. The Balaban J connectivity index is 0.00000288. The van der Waals surface area contributed by atoms with Crippen LogP contribution < -0.4 is 10.2 Å². The number of benzene rings is 1. The van der Waals surface area contributed by atoms with E-state index in [2.05, 4.69) is 27.3 Å². The van der Waals surface area contributed by atoms with E-state index < -0.39 is 10.0 Å². The van der Waals surface area contributed by atoms with Crippen LogP contribution in [0.3, 0.4) is 0 Å². The fourth-order valence-electron chi connectivity index (χ4n) is 2.89. The molecule has 1 aliphatic heterocycles. The van der Waals surface area contributed by atoms with E-state index >= 15 is 0 Å². The lowest BCUT2D eigenvalue weighted by Crippen LogP contribution is -2.44. The number of rotatable bonds is 6. The Hall–Kier alpha value is -0.870. The quantitative estimate of drug-likeness (QED) is 0.395. The summed E-state index contributed by atoms with van der Waals surface area (Å²) >= 11 is 0. The molecule has 0 spiro atoms. The zero-order chi connectivity index (χ0) is 16.9. The number of hydrogen-bond donors (Lipinski definition) is 1. The minimum absolute atomic E-state index is 0. The lowest BCUT2D eigenvalue weighted by Gasteiger charge is -2.23. The van der Waals surface area contributed by atoms with Gasteiger partial charge < -0.3 is 10.2 Å². The zero-order valence-corrected chi connectivity index (χ0v) is 17.7. The first-order valence-corrected chi connectivity index (χ1v) is 9.68. The molecule has 0 atom stereocenters. The van der Waals surface area contributed by atoms with E-state index in [4.69, 9.17) is 0 Å². The van der Waals surface area contributed by atoms with E-state index in [1.165, 1.54) is 9.87 Å². The van der Waals surface area contributed by atoms with Crippen molar-refractivity contribution in [3.63, 3.8) is 0 Å². The molecule has 1 aliphatic rings. The number of nitrogens with one attached hydrogen (secondary N) is 1. The molecule has 8 heteroatoms. The van der Waals surface area contributed by atoms with E-state index in [9.17, 15) is 8.42 Å². The molecule has 0 bridgehead atoms. The van der Waals surface area contributed by atoms with E-state index in [1.54, 1.807) is 7.05 Å². The number of guanidine groups is 1. The van der Waals surface area contributed by atoms with Crippen molar-refractivity contribution < 1.29 is 8.42 Å². The highest BCUT2D eigenvalue weighted by Gasteiger charge is 2.23. The van der Waals surface area contributed by atoms with Gasteiger partial charge in [-0.05, 0) is 18.1 Å². The predicted molar refractivity (Wildman–Crippen MR) is 111 cm³/mol. The summed E-state index contributed by atoms with van der Waals surface area (Å²) in [5, 5.41) is 3.18. The van der Waals surface area contributed by atoms with Crippen LogP contribution in [0.25, 0.3) is 0 Å². The lowest BCUT2D eigenvalue weighted by molar-refractivity contribution is 0.445. The van der Waals surface area contributed by atoms with Crippen LogP contribution in [-0.2, 0) is 16.4 Å². The molecule has 1 N–H and O–H groups in total. The Morgan fingerprint density at radius 3 is 2.58 bits per heavy atom. The summed E-state index contributed by atoms with van der Waals surface area (Å²) in [5.74, 6) is 0.799. The molecule has 1 aromatic rings. The molecule has 24 heavy (non-hydrogen) atoms. The molecule has 1 heterocycles. The van der Waals surface area contributed by atoms with Gasteiger partial charge in [0.2, 0.25) is 10.0 Å². The largest absolute Gasteiger partial charge is 0.355 e. The van der Waals surface area contributed by atoms with Crippen molar-refractivity contribution in [1.82, 2.24) is 9.62 Å². The van der Waals surface area contributed by atoms with Crippen LogP contribution in [0.4, 0.5) is 5.69 Å². The first-order valence-electron chi connectivity index (χ1n) is 8.07. The number of aliphatic imine (C=N–C) groups is 1. The van der Waals surface area contributed by atoms with Gasteiger partial charge in [0.1, 0.15) is 0 Å². The maximum absolute atomic E-state index is 12.2. The Labute approximate surface area is 162 Å². The molecule has 0 aromatic heterocycles. The first kappa shape index (κ1) is 21.2. The van der Waals surface area contributed by atoms with Gasteiger partial charge >= 0.3 is 0 Å². The van der Waals surface area contributed by atoms with Crippen molar-refractivity contribution in [1.29, 1.82) is 0 Å². The fraction of sp³-hybridized carbons (Fsp3) is 0.562. The summed E-state index contributed by atoms with van der Waals surface area (Å²) in [5.41, 5.74) is 2.44. The zero-order valence-electron chi connectivity index (χ0n) is 14.5. The molecular weight excluding hydrogens is 439 g/mol. The molecule has 0 saturated carbocycles. The van der Waals surface area contributed by atoms with Crippen LogP contribution in [0.2, 0.25) is 0 Å². The molecule has 6 nitrogen and oxygen atoms in total. The Kier molecular flexibility index (Phi) is 8.44. The molecule has 0 unspecified atom stereocenters. The maximum Gasteiger partial charge on any atom is 0.215 e. The SMILES string of the molecule is CCN(CC)S(=O)(=O)CCNC(=NC)N1CCc2ccccc21.I. The van der Waals surface area contributed by atoms with Gasteiger partial charge in [0.05, 0.1) is 5.75 Å². The van der Waals surface area contributed by atoms with Crippen LogP contribution in [0, 0.1) is 0 Å². The average molecular weight is 466 g/mol. The number of para-hydroxylation sites is 1. The normalized spacial score (nSPS) is 14.5. The highest BCUT2D eigenvalue weighted by atomic mass is 127. The lowest BCUT2D eigenvalue weighted by atomic mass is 10.2. The van der Waals surface area contributed by atoms with Crippen molar-refractivity contribution >= 4 is 45.6 Å². The highest BCUT2D eigenvalue weighted by Crippen LogP contribution is 2.27. The molecule has 136 valence electrons. The second kappa shape index (κ2) is 9.57. The van der Waals surface area contributed by atoms with Gasteiger partial charge in [-0.15, -0.1) is 24.0 Å². The summed E-state index contributed by atoms with van der Waals surface area (Å²) in [6.45, 7) is 5.94. The summed E-state index contributed by atoms with van der Waals surface area (Å²) in [6, 6.07) is 8.24. The number of hydrogen-bond acceptors (Lipinski definition) is 3. The van der Waals surface area contributed by atoms with E-state index in [-0.39, 0.29) is 29.7 Å². The molecule has 0 amide bonds. The minimum atomic E-state index is -3.21. The third-order valence-corrected chi connectivity index (χ3v) is 6.12. The predicted octanol–water partition coefficient (Wildman–Crippen LogP) is 1.91. The van der Waals surface area contributed by atoms with E-state index in [0.717, 1.165) is 24.6 Å². The van der Waals surface area contributed by atoms with Crippen LogP contribution in [0.5, 0.6) is 0 Å². The minimum Gasteiger partial charge on any atom is -0.355 e.